The molecular weight excluding hydrogens is 403 g/mol. The molecule has 0 radical (unpaired) electrons. The van der Waals surface area contributed by atoms with Crippen LogP contribution in [0.3, 0.4) is 0 Å². The molecule has 2 aromatic carbocycles. The summed E-state index contributed by atoms with van der Waals surface area (Å²) in [4.78, 5) is 34.9. The highest BCUT2D eigenvalue weighted by Crippen LogP contribution is 2.38. The summed E-state index contributed by atoms with van der Waals surface area (Å²) in [5.41, 5.74) is 0.465. The molecule has 0 unspecified atom stereocenters. The van der Waals surface area contributed by atoms with Crippen LogP contribution in [0.2, 0.25) is 5.02 Å². The van der Waals surface area contributed by atoms with Crippen LogP contribution < -0.4 is 20.1 Å². The van der Waals surface area contributed by atoms with Gasteiger partial charge in [-0.05, 0) is 36.8 Å². The lowest BCUT2D eigenvalue weighted by molar-refractivity contribution is -0.123. The zero-order chi connectivity index (χ0) is 21.0. The predicted molar refractivity (Wildman–Crippen MR) is 103 cm³/mol. The van der Waals surface area contributed by atoms with Crippen LogP contribution in [0.5, 0.6) is 11.5 Å². The van der Waals surface area contributed by atoms with Crippen LogP contribution in [0.1, 0.15) is 18.1 Å². The molecule has 150 valence electrons. The van der Waals surface area contributed by atoms with Gasteiger partial charge in [0.2, 0.25) is 0 Å². The number of urea groups is 1. The number of amides is 4. The van der Waals surface area contributed by atoms with Crippen LogP contribution in [0, 0.1) is 5.82 Å². The Labute approximate surface area is 170 Å². The molecule has 1 aliphatic heterocycles. The van der Waals surface area contributed by atoms with E-state index in [-0.39, 0.29) is 28.7 Å². The van der Waals surface area contributed by atoms with Gasteiger partial charge in [-0.25, -0.2) is 9.18 Å². The van der Waals surface area contributed by atoms with E-state index in [9.17, 15) is 18.8 Å². The quantitative estimate of drug-likeness (QED) is 0.555. The van der Waals surface area contributed by atoms with Gasteiger partial charge in [0.05, 0.1) is 11.6 Å². The summed E-state index contributed by atoms with van der Waals surface area (Å²) < 4.78 is 25.0. The Morgan fingerprint density at radius 2 is 1.76 bits per heavy atom. The number of nitrogens with one attached hydrogen (secondary N) is 2. The Morgan fingerprint density at radius 1 is 1.07 bits per heavy atom. The number of carbonyl (C=O) groups is 3. The first-order valence-electron chi connectivity index (χ1n) is 8.60. The zero-order valence-corrected chi connectivity index (χ0v) is 16.0. The maximum absolute atomic E-state index is 13.8. The number of halogens is 2. The number of rotatable bonds is 6. The first-order valence-corrected chi connectivity index (χ1v) is 8.97. The van der Waals surface area contributed by atoms with Crippen molar-refractivity contribution in [3.05, 3.63) is 63.9 Å². The zero-order valence-electron chi connectivity index (χ0n) is 15.3. The molecule has 4 amide bonds. The lowest BCUT2D eigenvalue weighted by atomic mass is 10.1. The summed E-state index contributed by atoms with van der Waals surface area (Å²) >= 11 is 6.31. The Balaban J connectivity index is 1.91. The molecule has 0 atom stereocenters. The van der Waals surface area contributed by atoms with E-state index in [1.165, 1.54) is 24.3 Å². The first-order chi connectivity index (χ1) is 13.9. The number of hydrogen-bond donors (Lipinski definition) is 2. The van der Waals surface area contributed by atoms with Gasteiger partial charge >= 0.3 is 6.03 Å². The van der Waals surface area contributed by atoms with E-state index in [1.54, 1.807) is 25.1 Å². The molecule has 1 aliphatic rings. The van der Waals surface area contributed by atoms with Gasteiger partial charge in [-0.15, -0.1) is 0 Å². The van der Waals surface area contributed by atoms with Gasteiger partial charge in [-0.2, -0.15) is 0 Å². The number of hydrogen-bond acceptors (Lipinski definition) is 5. The van der Waals surface area contributed by atoms with E-state index in [0.29, 0.717) is 17.7 Å². The summed E-state index contributed by atoms with van der Waals surface area (Å²) in [6, 6.07) is 8.27. The Hall–Kier alpha value is -3.39. The minimum Gasteiger partial charge on any atom is -0.490 e. The molecule has 1 saturated heterocycles. The number of carbonyl (C=O) groups excluding carboxylic acids is 3. The van der Waals surface area contributed by atoms with Gasteiger partial charge in [0.25, 0.3) is 11.8 Å². The third-order valence-corrected chi connectivity index (χ3v) is 4.20. The van der Waals surface area contributed by atoms with Crippen LogP contribution in [-0.2, 0) is 16.2 Å². The van der Waals surface area contributed by atoms with Crippen molar-refractivity contribution in [2.45, 2.75) is 13.5 Å². The van der Waals surface area contributed by atoms with Crippen molar-refractivity contribution in [3.8, 4) is 11.5 Å². The number of imide groups is 2. The maximum Gasteiger partial charge on any atom is 0.328 e. The predicted octanol–water partition coefficient (Wildman–Crippen LogP) is 3.21. The van der Waals surface area contributed by atoms with Crippen LogP contribution in [-0.4, -0.2) is 24.5 Å². The highest BCUT2D eigenvalue weighted by Gasteiger charge is 2.28. The highest BCUT2D eigenvalue weighted by atomic mass is 35.5. The second-order valence-corrected chi connectivity index (χ2v) is 6.35. The average molecular weight is 419 g/mol. The molecule has 9 heteroatoms. The largest absolute Gasteiger partial charge is 0.490 e. The van der Waals surface area contributed by atoms with E-state index in [1.807, 2.05) is 10.6 Å². The smallest absolute Gasteiger partial charge is 0.328 e. The summed E-state index contributed by atoms with van der Waals surface area (Å²) in [5, 5.41) is 4.12. The SMILES string of the molecule is CCOc1cc(C=C2C(=O)NC(=O)NC2=O)cc(Cl)c1OCc1ccccc1F. The second kappa shape index (κ2) is 8.74. The molecule has 7 nitrogen and oxygen atoms in total. The molecule has 2 N–H and O–H groups in total. The van der Waals surface area contributed by atoms with Gasteiger partial charge < -0.3 is 9.47 Å². The fraction of sp³-hybridized carbons (Fsp3) is 0.150. The van der Waals surface area contributed by atoms with E-state index in [0.717, 1.165) is 0 Å². The molecular formula is C20H16ClFN2O5. The Morgan fingerprint density at radius 3 is 2.41 bits per heavy atom. The lowest BCUT2D eigenvalue weighted by Gasteiger charge is -2.16. The summed E-state index contributed by atoms with van der Waals surface area (Å²) in [6.07, 6.45) is 1.27. The van der Waals surface area contributed by atoms with Crippen LogP contribution in [0.25, 0.3) is 6.08 Å². The molecule has 0 spiro atoms. The summed E-state index contributed by atoms with van der Waals surface area (Å²) in [5.74, 6) is -1.60. The van der Waals surface area contributed by atoms with E-state index in [4.69, 9.17) is 21.1 Å². The highest BCUT2D eigenvalue weighted by molar-refractivity contribution is 6.33. The van der Waals surface area contributed by atoms with Crippen LogP contribution >= 0.6 is 11.6 Å². The van der Waals surface area contributed by atoms with Crippen molar-refractivity contribution >= 4 is 35.5 Å². The van der Waals surface area contributed by atoms with Crippen molar-refractivity contribution in [1.29, 1.82) is 0 Å². The van der Waals surface area contributed by atoms with Crippen molar-refractivity contribution in [2.24, 2.45) is 0 Å². The lowest BCUT2D eigenvalue weighted by Crippen LogP contribution is -2.51. The van der Waals surface area contributed by atoms with Gasteiger partial charge in [-0.1, -0.05) is 29.8 Å². The molecule has 0 saturated carbocycles. The third kappa shape index (κ3) is 4.72. The molecule has 0 aromatic heterocycles. The standard InChI is InChI=1S/C20H16ClFN2O5/c1-2-28-16-9-11(7-13-18(25)23-20(27)24-19(13)26)8-14(21)17(16)29-10-12-5-3-4-6-15(12)22/h3-9H,2,10H2,1H3,(H2,23,24,25,26,27). The maximum atomic E-state index is 13.8. The Kier molecular flexibility index (Phi) is 6.13. The number of benzene rings is 2. The van der Waals surface area contributed by atoms with Crippen molar-refractivity contribution in [3.63, 3.8) is 0 Å². The van der Waals surface area contributed by atoms with Gasteiger partial charge in [0.15, 0.2) is 11.5 Å². The molecule has 1 fully saturated rings. The Bertz CT molecular complexity index is 1000. The van der Waals surface area contributed by atoms with Gasteiger partial charge in [0.1, 0.15) is 18.0 Å². The monoisotopic (exact) mass is 418 g/mol. The van der Waals surface area contributed by atoms with E-state index in [2.05, 4.69) is 0 Å². The van der Waals surface area contributed by atoms with Crippen molar-refractivity contribution in [1.82, 2.24) is 10.6 Å². The third-order valence-electron chi connectivity index (χ3n) is 3.92. The van der Waals surface area contributed by atoms with Gasteiger partial charge in [-0.3, -0.25) is 20.2 Å². The molecule has 0 bridgehead atoms. The summed E-state index contributed by atoms with van der Waals surface area (Å²) in [6.45, 7) is 1.98. The van der Waals surface area contributed by atoms with Gasteiger partial charge in [0, 0.05) is 5.56 Å². The van der Waals surface area contributed by atoms with Crippen molar-refractivity contribution in [2.75, 3.05) is 6.61 Å². The van der Waals surface area contributed by atoms with Crippen LogP contribution in [0.4, 0.5) is 9.18 Å². The topological polar surface area (TPSA) is 93.7 Å². The molecule has 1 heterocycles. The van der Waals surface area contributed by atoms with E-state index >= 15 is 0 Å². The number of ether oxygens (including phenoxy) is 2. The second-order valence-electron chi connectivity index (χ2n) is 5.94. The fourth-order valence-electron chi connectivity index (χ4n) is 2.61. The average Bonchev–Trinajstić information content (AvgIpc) is 2.65. The van der Waals surface area contributed by atoms with E-state index < -0.39 is 23.7 Å². The fourth-order valence-corrected chi connectivity index (χ4v) is 2.89. The normalized spacial score (nSPS) is 13.6. The molecule has 29 heavy (non-hydrogen) atoms. The molecule has 0 aliphatic carbocycles. The van der Waals surface area contributed by atoms with Crippen LogP contribution in [0.15, 0.2) is 42.0 Å². The number of barbiturate groups is 1. The minimum absolute atomic E-state index is 0.0696. The molecule has 2 aromatic rings. The first kappa shape index (κ1) is 20.3. The van der Waals surface area contributed by atoms with Crippen molar-refractivity contribution < 1.29 is 28.2 Å². The minimum atomic E-state index is -0.887. The molecule has 3 rings (SSSR count). The summed E-state index contributed by atoms with van der Waals surface area (Å²) in [7, 11) is 0.